The number of hydrogen-bond acceptors (Lipinski definition) is 8. The molecule has 10 heteroatoms. The fraction of sp³-hybridized carbons (Fsp3) is 0.364. The maximum Gasteiger partial charge on any atom is 0.260 e. The van der Waals surface area contributed by atoms with Gasteiger partial charge in [0.2, 0.25) is 6.79 Å². The normalized spacial score (nSPS) is 12.0. The van der Waals surface area contributed by atoms with Crippen LogP contribution >= 0.6 is 23.7 Å². The molecule has 0 atom stereocenters. The number of methoxy groups -OCH3 is 2. The molecular weight excluding hydrogens is 454 g/mol. The van der Waals surface area contributed by atoms with Crippen molar-refractivity contribution in [2.24, 2.45) is 0 Å². The predicted octanol–water partition coefficient (Wildman–Crippen LogP) is 4.06. The number of thiazole rings is 1. The van der Waals surface area contributed by atoms with Crippen LogP contribution in [0.4, 0.5) is 5.13 Å². The summed E-state index contributed by atoms with van der Waals surface area (Å²) < 4.78 is 22.6. The number of benzene rings is 2. The van der Waals surface area contributed by atoms with Gasteiger partial charge in [0.15, 0.2) is 16.6 Å². The molecule has 3 aromatic rings. The Morgan fingerprint density at radius 2 is 1.69 bits per heavy atom. The van der Waals surface area contributed by atoms with E-state index in [2.05, 4.69) is 4.90 Å². The molecule has 2 aromatic carbocycles. The second kappa shape index (κ2) is 10.2. The molecular formula is C22H26ClN3O5S. The maximum atomic E-state index is 13.6. The van der Waals surface area contributed by atoms with Gasteiger partial charge in [-0.25, -0.2) is 4.98 Å². The Labute approximate surface area is 197 Å². The van der Waals surface area contributed by atoms with Crippen molar-refractivity contribution in [3.8, 4) is 23.0 Å². The average molecular weight is 480 g/mol. The summed E-state index contributed by atoms with van der Waals surface area (Å²) in [6.45, 7) is 1.60. The molecule has 0 N–H and O–H groups in total. The minimum atomic E-state index is -0.157. The second-order valence-corrected chi connectivity index (χ2v) is 8.39. The monoisotopic (exact) mass is 479 g/mol. The van der Waals surface area contributed by atoms with Gasteiger partial charge in [-0.15, -0.1) is 12.4 Å². The highest BCUT2D eigenvalue weighted by atomic mass is 35.5. The molecule has 8 nitrogen and oxygen atoms in total. The summed E-state index contributed by atoms with van der Waals surface area (Å²) in [5.41, 5.74) is 1.26. The van der Waals surface area contributed by atoms with Crippen molar-refractivity contribution in [1.29, 1.82) is 0 Å². The van der Waals surface area contributed by atoms with Crippen molar-refractivity contribution >= 4 is 45.0 Å². The van der Waals surface area contributed by atoms with Gasteiger partial charge in [-0.3, -0.25) is 9.69 Å². The van der Waals surface area contributed by atoms with E-state index in [-0.39, 0.29) is 25.1 Å². The number of aromatic nitrogens is 1. The maximum absolute atomic E-state index is 13.6. The zero-order chi connectivity index (χ0) is 22.0. The summed E-state index contributed by atoms with van der Waals surface area (Å²) in [5, 5.41) is 0.629. The standard InChI is InChI=1S/C22H25N3O5S.ClH/c1-24(2)6-5-7-25(21(26)14-8-15(27-3)10-16(9-14)28-4)22-23-17-11-18-19(30-13-29-18)12-20(17)31-22;/h8-12H,5-7,13H2,1-4H3;1H. The third-order valence-corrected chi connectivity index (χ3v) is 5.97. The minimum absolute atomic E-state index is 0. The Kier molecular flexibility index (Phi) is 7.65. The molecule has 0 fully saturated rings. The van der Waals surface area contributed by atoms with E-state index < -0.39 is 0 Å². The van der Waals surface area contributed by atoms with E-state index in [1.54, 1.807) is 37.3 Å². The molecule has 0 saturated heterocycles. The molecule has 172 valence electrons. The molecule has 0 aliphatic carbocycles. The predicted molar refractivity (Wildman–Crippen MR) is 127 cm³/mol. The van der Waals surface area contributed by atoms with Crippen LogP contribution in [0.2, 0.25) is 0 Å². The lowest BCUT2D eigenvalue weighted by Gasteiger charge is -2.21. The van der Waals surface area contributed by atoms with Crippen LogP contribution in [-0.4, -0.2) is 64.0 Å². The number of ether oxygens (including phenoxy) is 4. The number of carbonyl (C=O) groups is 1. The molecule has 0 saturated carbocycles. The zero-order valence-electron chi connectivity index (χ0n) is 18.4. The Hall–Kier alpha value is -2.75. The number of carbonyl (C=O) groups excluding carboxylic acids is 1. The molecule has 1 amide bonds. The SMILES string of the molecule is COc1cc(OC)cc(C(=O)N(CCCN(C)C)c2nc3cc4c(cc3s2)OCO4)c1.Cl. The number of halogens is 1. The van der Waals surface area contributed by atoms with Crippen molar-refractivity contribution in [1.82, 2.24) is 9.88 Å². The van der Waals surface area contributed by atoms with Crippen LogP contribution in [0.1, 0.15) is 16.8 Å². The van der Waals surface area contributed by atoms with Gasteiger partial charge < -0.3 is 23.8 Å². The molecule has 32 heavy (non-hydrogen) atoms. The van der Waals surface area contributed by atoms with Gasteiger partial charge in [0.1, 0.15) is 11.5 Å². The smallest absolute Gasteiger partial charge is 0.260 e. The number of amides is 1. The lowest BCUT2D eigenvalue weighted by atomic mass is 10.1. The lowest BCUT2D eigenvalue weighted by molar-refractivity contribution is 0.0985. The van der Waals surface area contributed by atoms with Gasteiger partial charge >= 0.3 is 0 Å². The summed E-state index contributed by atoms with van der Waals surface area (Å²) in [6, 6.07) is 8.94. The van der Waals surface area contributed by atoms with E-state index in [9.17, 15) is 4.79 Å². The molecule has 0 spiro atoms. The Bertz CT molecular complexity index is 1040. The van der Waals surface area contributed by atoms with E-state index in [0.717, 1.165) is 23.2 Å². The molecule has 2 heterocycles. The molecule has 1 aliphatic rings. The lowest BCUT2D eigenvalue weighted by Crippen LogP contribution is -2.33. The van der Waals surface area contributed by atoms with Crippen LogP contribution in [0.25, 0.3) is 10.2 Å². The number of hydrogen-bond donors (Lipinski definition) is 0. The van der Waals surface area contributed by atoms with Crippen LogP contribution in [-0.2, 0) is 0 Å². The number of fused-ring (bicyclic) bond motifs is 2. The Balaban J connectivity index is 0.00000289. The molecule has 0 unspecified atom stereocenters. The number of rotatable bonds is 8. The fourth-order valence-electron chi connectivity index (χ4n) is 3.34. The summed E-state index contributed by atoms with van der Waals surface area (Å²) >= 11 is 1.46. The highest BCUT2D eigenvalue weighted by Gasteiger charge is 2.24. The Morgan fingerprint density at radius 3 is 2.31 bits per heavy atom. The van der Waals surface area contributed by atoms with Crippen LogP contribution < -0.4 is 23.8 Å². The fourth-order valence-corrected chi connectivity index (χ4v) is 4.34. The molecule has 1 aliphatic heterocycles. The third-order valence-electron chi connectivity index (χ3n) is 4.93. The van der Waals surface area contributed by atoms with Gasteiger partial charge in [-0.1, -0.05) is 11.3 Å². The van der Waals surface area contributed by atoms with E-state index in [4.69, 9.17) is 23.9 Å². The first-order chi connectivity index (χ1) is 15.0. The van der Waals surface area contributed by atoms with Gasteiger partial charge in [0, 0.05) is 30.3 Å². The first-order valence-corrected chi connectivity index (χ1v) is 10.7. The summed E-state index contributed by atoms with van der Waals surface area (Å²) in [5.74, 6) is 2.34. The van der Waals surface area contributed by atoms with Crippen LogP contribution in [0.15, 0.2) is 30.3 Å². The van der Waals surface area contributed by atoms with E-state index >= 15 is 0 Å². The van der Waals surface area contributed by atoms with Gasteiger partial charge in [0.25, 0.3) is 5.91 Å². The molecule has 1 aromatic heterocycles. The topological polar surface area (TPSA) is 73.4 Å². The van der Waals surface area contributed by atoms with Crippen molar-refractivity contribution < 1.29 is 23.7 Å². The minimum Gasteiger partial charge on any atom is -0.497 e. The zero-order valence-corrected chi connectivity index (χ0v) is 20.0. The van der Waals surface area contributed by atoms with Crippen molar-refractivity contribution in [3.05, 3.63) is 35.9 Å². The van der Waals surface area contributed by atoms with Crippen LogP contribution in [0.3, 0.4) is 0 Å². The quantitative estimate of drug-likeness (QED) is 0.482. The largest absolute Gasteiger partial charge is 0.497 e. The molecule has 0 bridgehead atoms. The van der Waals surface area contributed by atoms with Crippen molar-refractivity contribution in [2.75, 3.05) is 53.1 Å². The highest BCUT2D eigenvalue weighted by Crippen LogP contribution is 2.40. The van der Waals surface area contributed by atoms with Crippen LogP contribution in [0, 0.1) is 0 Å². The van der Waals surface area contributed by atoms with Gasteiger partial charge in [-0.2, -0.15) is 0 Å². The van der Waals surface area contributed by atoms with Gasteiger partial charge in [0.05, 0.1) is 24.4 Å². The van der Waals surface area contributed by atoms with E-state index in [1.807, 2.05) is 26.2 Å². The van der Waals surface area contributed by atoms with E-state index in [0.29, 0.717) is 40.2 Å². The number of nitrogens with zero attached hydrogens (tertiary/aromatic N) is 3. The molecule has 4 rings (SSSR count). The van der Waals surface area contributed by atoms with E-state index in [1.165, 1.54) is 11.3 Å². The summed E-state index contributed by atoms with van der Waals surface area (Å²) in [6.07, 6.45) is 0.804. The van der Waals surface area contributed by atoms with Crippen molar-refractivity contribution in [3.63, 3.8) is 0 Å². The Morgan fingerprint density at radius 1 is 1.03 bits per heavy atom. The van der Waals surface area contributed by atoms with Crippen LogP contribution in [0.5, 0.6) is 23.0 Å². The van der Waals surface area contributed by atoms with Crippen molar-refractivity contribution in [2.45, 2.75) is 6.42 Å². The summed E-state index contributed by atoms with van der Waals surface area (Å²) in [4.78, 5) is 22.1. The van der Waals surface area contributed by atoms with Gasteiger partial charge in [-0.05, 0) is 39.2 Å². The highest BCUT2D eigenvalue weighted by molar-refractivity contribution is 7.22. The number of anilines is 1. The second-order valence-electron chi connectivity index (χ2n) is 7.38. The summed E-state index contributed by atoms with van der Waals surface area (Å²) in [7, 11) is 7.15. The molecule has 0 radical (unpaired) electrons. The third kappa shape index (κ3) is 5.01. The average Bonchev–Trinajstić information content (AvgIpc) is 3.39. The first kappa shape index (κ1) is 23.9. The first-order valence-electron chi connectivity index (χ1n) is 9.88.